The number of anilines is 2. The van der Waals surface area contributed by atoms with Crippen molar-refractivity contribution < 1.29 is 23.6 Å². The van der Waals surface area contributed by atoms with E-state index in [1.54, 1.807) is 20.8 Å². The van der Waals surface area contributed by atoms with Gasteiger partial charge < -0.3 is 10.1 Å². The monoisotopic (exact) mass is 453 g/mol. The molecule has 10 heteroatoms. The molecular weight excluding hydrogens is 437 g/mol. The zero-order chi connectivity index (χ0) is 21.1. The third-order valence-corrected chi connectivity index (χ3v) is 3.94. The lowest BCUT2D eigenvalue weighted by Crippen LogP contribution is -2.27. The van der Waals surface area contributed by atoms with Gasteiger partial charge in [-0.2, -0.15) is 0 Å². The Balaban J connectivity index is 2.20. The number of carbonyl (C=O) groups excluding carboxylic acids is 2. The second kappa shape index (κ2) is 8.34. The van der Waals surface area contributed by atoms with E-state index in [2.05, 4.69) is 26.6 Å². The Morgan fingerprint density at radius 1 is 1.14 bits per heavy atom. The van der Waals surface area contributed by atoms with Crippen molar-refractivity contribution in [2.45, 2.75) is 26.4 Å². The Labute approximate surface area is 168 Å². The lowest BCUT2D eigenvalue weighted by Gasteiger charge is -2.19. The average Bonchev–Trinajstić information content (AvgIpc) is 2.56. The van der Waals surface area contributed by atoms with Crippen molar-refractivity contribution in [2.24, 2.45) is 0 Å². The summed E-state index contributed by atoms with van der Waals surface area (Å²) in [5.74, 6) is -1.49. The maximum atomic E-state index is 14.1. The number of benzene rings is 2. The normalized spacial score (nSPS) is 10.9. The van der Waals surface area contributed by atoms with Crippen LogP contribution in [0.25, 0.3) is 0 Å². The maximum absolute atomic E-state index is 14.1. The van der Waals surface area contributed by atoms with Gasteiger partial charge in [0.2, 0.25) is 0 Å². The number of nitro benzene ring substituents is 1. The van der Waals surface area contributed by atoms with Gasteiger partial charge in [-0.25, -0.2) is 9.18 Å². The Bertz CT molecular complexity index is 943. The summed E-state index contributed by atoms with van der Waals surface area (Å²) in [7, 11) is 0. The first-order chi connectivity index (χ1) is 13.0. The van der Waals surface area contributed by atoms with E-state index in [1.807, 2.05) is 0 Å². The van der Waals surface area contributed by atoms with Crippen molar-refractivity contribution in [3.63, 3.8) is 0 Å². The molecule has 0 radical (unpaired) electrons. The predicted octanol–water partition coefficient (Wildman–Crippen LogP) is 5.10. The molecule has 0 fully saturated rings. The molecule has 0 aliphatic rings. The topological polar surface area (TPSA) is 111 Å². The van der Waals surface area contributed by atoms with Gasteiger partial charge >= 0.3 is 6.09 Å². The van der Waals surface area contributed by atoms with Crippen LogP contribution in [0.1, 0.15) is 31.1 Å². The Hall–Kier alpha value is -3.01. The first-order valence-electron chi connectivity index (χ1n) is 8.01. The van der Waals surface area contributed by atoms with Gasteiger partial charge in [0, 0.05) is 17.3 Å². The number of halogens is 2. The highest BCUT2D eigenvalue weighted by Gasteiger charge is 2.19. The fourth-order valence-corrected chi connectivity index (χ4v) is 2.50. The molecule has 0 saturated carbocycles. The van der Waals surface area contributed by atoms with Gasteiger partial charge in [0.1, 0.15) is 11.4 Å². The lowest BCUT2D eigenvalue weighted by atomic mass is 10.2. The molecule has 0 bridgehead atoms. The molecule has 0 aromatic heterocycles. The first kappa shape index (κ1) is 21.3. The number of rotatable bonds is 4. The molecule has 8 nitrogen and oxygen atoms in total. The molecule has 2 N–H and O–H groups in total. The fraction of sp³-hybridized carbons (Fsp3) is 0.222. The summed E-state index contributed by atoms with van der Waals surface area (Å²) in [4.78, 5) is 34.5. The quantitative estimate of drug-likeness (QED) is 0.494. The highest BCUT2D eigenvalue weighted by molar-refractivity contribution is 9.10. The number of hydrogen-bond acceptors (Lipinski definition) is 5. The van der Waals surface area contributed by atoms with Crippen molar-refractivity contribution in [1.82, 2.24) is 0 Å². The van der Waals surface area contributed by atoms with Crippen LogP contribution in [-0.2, 0) is 4.74 Å². The van der Waals surface area contributed by atoms with Crippen LogP contribution in [0.4, 0.5) is 26.2 Å². The molecule has 2 rings (SSSR count). The van der Waals surface area contributed by atoms with Crippen LogP contribution in [0.2, 0.25) is 0 Å². The molecule has 0 aliphatic heterocycles. The minimum absolute atomic E-state index is 0.0280. The van der Waals surface area contributed by atoms with Gasteiger partial charge in [0.15, 0.2) is 0 Å². The Morgan fingerprint density at radius 3 is 2.43 bits per heavy atom. The van der Waals surface area contributed by atoms with E-state index in [0.29, 0.717) is 0 Å². The second-order valence-corrected chi connectivity index (χ2v) is 7.55. The van der Waals surface area contributed by atoms with Crippen LogP contribution < -0.4 is 10.6 Å². The molecular formula is C18H17BrFN3O5. The molecule has 148 valence electrons. The molecule has 0 saturated heterocycles. The Kier molecular flexibility index (Phi) is 6.34. The van der Waals surface area contributed by atoms with Crippen molar-refractivity contribution >= 4 is 45.0 Å². The number of nitrogens with zero attached hydrogens (tertiary/aromatic N) is 1. The van der Waals surface area contributed by atoms with Crippen LogP contribution in [0.5, 0.6) is 0 Å². The van der Waals surface area contributed by atoms with Gasteiger partial charge in [0.25, 0.3) is 11.6 Å². The molecule has 2 amide bonds. The second-order valence-electron chi connectivity index (χ2n) is 6.70. The zero-order valence-corrected chi connectivity index (χ0v) is 16.8. The van der Waals surface area contributed by atoms with E-state index in [-0.39, 0.29) is 27.1 Å². The predicted molar refractivity (Wildman–Crippen MR) is 105 cm³/mol. The molecule has 2 aromatic rings. The molecule has 0 spiro atoms. The first-order valence-corrected chi connectivity index (χ1v) is 8.80. The van der Waals surface area contributed by atoms with Crippen molar-refractivity contribution in [3.05, 3.63) is 62.4 Å². The van der Waals surface area contributed by atoms with Crippen LogP contribution >= 0.6 is 15.9 Å². The van der Waals surface area contributed by atoms with E-state index >= 15 is 0 Å². The largest absolute Gasteiger partial charge is 0.444 e. The Morgan fingerprint density at radius 2 is 1.82 bits per heavy atom. The van der Waals surface area contributed by atoms with Crippen molar-refractivity contribution in [1.29, 1.82) is 0 Å². The summed E-state index contributed by atoms with van der Waals surface area (Å²) in [6.07, 6.45) is -0.736. The minimum atomic E-state index is -0.746. The van der Waals surface area contributed by atoms with Crippen LogP contribution in [0.3, 0.4) is 0 Å². The maximum Gasteiger partial charge on any atom is 0.412 e. The number of hydrogen-bond donors (Lipinski definition) is 2. The smallest absolute Gasteiger partial charge is 0.412 e. The lowest BCUT2D eigenvalue weighted by molar-refractivity contribution is -0.385. The summed E-state index contributed by atoms with van der Waals surface area (Å²) < 4.78 is 19.4. The molecule has 0 atom stereocenters. The summed E-state index contributed by atoms with van der Waals surface area (Å²) in [6.45, 7) is 5.08. The third kappa shape index (κ3) is 5.74. The van der Waals surface area contributed by atoms with E-state index in [4.69, 9.17) is 4.74 Å². The van der Waals surface area contributed by atoms with Gasteiger partial charge in [-0.3, -0.25) is 20.2 Å². The standard InChI is InChI=1S/C18H17BrFN3O5/c1-18(2,3)28-17(25)21-11-5-7-13(20)14(9-11)22-16(24)10-4-6-12(19)15(8-10)23(26)27/h4-9H,1-3H3,(H,21,25)(H,22,24). The summed E-state index contributed by atoms with van der Waals surface area (Å²) in [5.41, 5.74) is -1.04. The zero-order valence-electron chi connectivity index (χ0n) is 15.2. The minimum Gasteiger partial charge on any atom is -0.444 e. The molecule has 2 aromatic carbocycles. The van der Waals surface area contributed by atoms with Gasteiger partial charge in [-0.1, -0.05) is 0 Å². The fourth-order valence-electron chi connectivity index (χ4n) is 2.11. The molecule has 28 heavy (non-hydrogen) atoms. The van der Waals surface area contributed by atoms with Crippen molar-refractivity contribution in [3.8, 4) is 0 Å². The molecule has 0 aliphatic carbocycles. The number of amides is 2. The third-order valence-electron chi connectivity index (χ3n) is 3.26. The van der Waals surface area contributed by atoms with Crippen LogP contribution in [0, 0.1) is 15.9 Å². The van der Waals surface area contributed by atoms with Crippen molar-refractivity contribution in [2.75, 3.05) is 10.6 Å². The SMILES string of the molecule is CC(C)(C)OC(=O)Nc1ccc(F)c(NC(=O)c2ccc(Br)c([N+](=O)[O-])c2)c1. The highest BCUT2D eigenvalue weighted by Crippen LogP contribution is 2.27. The van der Waals surface area contributed by atoms with E-state index in [9.17, 15) is 24.1 Å². The van der Waals surface area contributed by atoms with Crippen LogP contribution in [0.15, 0.2) is 40.9 Å². The number of nitro groups is 1. The number of nitrogens with one attached hydrogen (secondary N) is 2. The van der Waals surface area contributed by atoms with Gasteiger partial charge in [-0.15, -0.1) is 0 Å². The average molecular weight is 454 g/mol. The van der Waals surface area contributed by atoms with E-state index in [1.165, 1.54) is 24.3 Å². The van der Waals surface area contributed by atoms with Crippen LogP contribution in [-0.4, -0.2) is 22.5 Å². The molecule has 0 heterocycles. The van der Waals surface area contributed by atoms with E-state index in [0.717, 1.165) is 12.1 Å². The van der Waals surface area contributed by atoms with Gasteiger partial charge in [0.05, 0.1) is 15.1 Å². The summed E-state index contributed by atoms with van der Waals surface area (Å²) >= 11 is 3.03. The number of ether oxygens (including phenoxy) is 1. The molecule has 0 unspecified atom stereocenters. The summed E-state index contributed by atoms with van der Waals surface area (Å²) in [5, 5.41) is 15.8. The number of carbonyl (C=O) groups is 2. The summed E-state index contributed by atoms with van der Waals surface area (Å²) in [6, 6.07) is 7.35. The highest BCUT2D eigenvalue weighted by atomic mass is 79.9. The van der Waals surface area contributed by atoms with Gasteiger partial charge in [-0.05, 0) is 67.0 Å². The van der Waals surface area contributed by atoms with E-state index < -0.39 is 28.3 Å².